The van der Waals surface area contributed by atoms with Crippen LogP contribution in [0, 0.1) is 5.92 Å². The molecule has 2 aromatic heterocycles. The van der Waals surface area contributed by atoms with Crippen LogP contribution < -0.4 is 4.74 Å². The molecule has 1 atom stereocenters. The summed E-state index contributed by atoms with van der Waals surface area (Å²) >= 11 is 0. The Morgan fingerprint density at radius 1 is 1.29 bits per heavy atom. The summed E-state index contributed by atoms with van der Waals surface area (Å²) in [5.41, 5.74) is 1.57. The number of hydrogen-bond acceptors (Lipinski definition) is 5. The Kier molecular flexibility index (Phi) is 3.92. The van der Waals surface area contributed by atoms with Crippen molar-refractivity contribution < 1.29 is 9.53 Å². The van der Waals surface area contributed by atoms with E-state index in [0.717, 1.165) is 18.7 Å². The molecule has 1 aliphatic carbocycles. The Morgan fingerprint density at radius 2 is 2.17 bits per heavy atom. The SMILES string of the molecule is Cn1cnc(C(=O)N2CCC(COc3ccc(C4CC4)nn3)C2)c1. The van der Waals surface area contributed by atoms with E-state index >= 15 is 0 Å². The highest BCUT2D eigenvalue weighted by atomic mass is 16.5. The number of aromatic nitrogens is 4. The number of nitrogens with zero attached hydrogens (tertiary/aromatic N) is 5. The summed E-state index contributed by atoms with van der Waals surface area (Å²) in [6, 6.07) is 3.90. The molecule has 4 rings (SSSR count). The summed E-state index contributed by atoms with van der Waals surface area (Å²) in [5, 5.41) is 8.36. The quantitative estimate of drug-likeness (QED) is 0.834. The molecule has 0 radical (unpaired) electrons. The molecule has 3 heterocycles. The molecule has 24 heavy (non-hydrogen) atoms. The predicted molar refractivity (Wildman–Crippen MR) is 86.7 cm³/mol. The Hall–Kier alpha value is -2.44. The zero-order valence-electron chi connectivity index (χ0n) is 13.8. The van der Waals surface area contributed by atoms with Crippen molar-refractivity contribution in [3.8, 4) is 5.88 Å². The van der Waals surface area contributed by atoms with E-state index in [1.54, 1.807) is 17.1 Å². The molecule has 1 amide bonds. The van der Waals surface area contributed by atoms with Gasteiger partial charge in [-0.25, -0.2) is 4.98 Å². The second-order valence-electron chi connectivity index (χ2n) is 6.71. The maximum atomic E-state index is 12.4. The fourth-order valence-electron chi connectivity index (χ4n) is 3.05. The fourth-order valence-corrected chi connectivity index (χ4v) is 3.05. The van der Waals surface area contributed by atoms with Crippen molar-refractivity contribution >= 4 is 5.91 Å². The van der Waals surface area contributed by atoms with Crippen LogP contribution in [-0.2, 0) is 7.05 Å². The van der Waals surface area contributed by atoms with Crippen molar-refractivity contribution in [3.63, 3.8) is 0 Å². The molecular weight excluding hydrogens is 306 g/mol. The number of hydrogen-bond donors (Lipinski definition) is 0. The highest BCUT2D eigenvalue weighted by Gasteiger charge is 2.29. The van der Waals surface area contributed by atoms with Gasteiger partial charge in [-0.1, -0.05) is 0 Å². The topological polar surface area (TPSA) is 73.1 Å². The van der Waals surface area contributed by atoms with Gasteiger partial charge >= 0.3 is 0 Å². The van der Waals surface area contributed by atoms with Crippen LogP contribution in [0.1, 0.15) is 41.4 Å². The third-order valence-corrected chi connectivity index (χ3v) is 4.62. The van der Waals surface area contributed by atoms with Crippen molar-refractivity contribution in [2.45, 2.75) is 25.2 Å². The van der Waals surface area contributed by atoms with Crippen molar-refractivity contribution in [1.29, 1.82) is 0 Å². The number of aryl methyl sites for hydroxylation is 1. The molecule has 1 saturated heterocycles. The van der Waals surface area contributed by atoms with Crippen LogP contribution >= 0.6 is 0 Å². The van der Waals surface area contributed by atoms with Gasteiger partial charge in [0.05, 0.1) is 18.6 Å². The van der Waals surface area contributed by atoms with Crippen molar-refractivity contribution in [2.24, 2.45) is 13.0 Å². The lowest BCUT2D eigenvalue weighted by atomic mass is 10.1. The first-order valence-corrected chi connectivity index (χ1v) is 8.42. The third-order valence-electron chi connectivity index (χ3n) is 4.62. The van der Waals surface area contributed by atoms with E-state index in [1.807, 2.05) is 24.1 Å². The first-order chi connectivity index (χ1) is 11.7. The minimum absolute atomic E-state index is 0.00771. The largest absolute Gasteiger partial charge is 0.476 e. The lowest BCUT2D eigenvalue weighted by Gasteiger charge is -2.15. The van der Waals surface area contributed by atoms with E-state index in [9.17, 15) is 4.79 Å². The van der Waals surface area contributed by atoms with Crippen molar-refractivity contribution in [1.82, 2.24) is 24.6 Å². The average Bonchev–Trinajstić information content (AvgIpc) is 3.18. The maximum Gasteiger partial charge on any atom is 0.274 e. The van der Waals surface area contributed by atoms with Gasteiger partial charge in [0.1, 0.15) is 5.69 Å². The average molecular weight is 327 g/mol. The van der Waals surface area contributed by atoms with Crippen LogP contribution in [0.2, 0.25) is 0 Å². The smallest absolute Gasteiger partial charge is 0.274 e. The Balaban J connectivity index is 1.28. The number of carbonyl (C=O) groups is 1. The van der Waals surface area contributed by atoms with Gasteiger partial charge in [0, 0.05) is 44.2 Å². The summed E-state index contributed by atoms with van der Waals surface area (Å²) in [7, 11) is 1.86. The van der Waals surface area contributed by atoms with Crippen LogP contribution in [-0.4, -0.2) is 50.3 Å². The zero-order valence-corrected chi connectivity index (χ0v) is 13.8. The van der Waals surface area contributed by atoms with E-state index in [4.69, 9.17) is 4.74 Å². The van der Waals surface area contributed by atoms with Crippen LogP contribution in [0.5, 0.6) is 5.88 Å². The fraction of sp³-hybridized carbons (Fsp3) is 0.529. The molecular formula is C17H21N5O2. The number of imidazole rings is 1. The van der Waals surface area contributed by atoms with E-state index in [1.165, 1.54) is 12.8 Å². The number of ether oxygens (including phenoxy) is 1. The summed E-state index contributed by atoms with van der Waals surface area (Å²) in [4.78, 5) is 18.3. The Bertz CT molecular complexity index is 723. The van der Waals surface area contributed by atoms with Crippen LogP contribution in [0.3, 0.4) is 0 Å². The number of likely N-dealkylation sites (tertiary alicyclic amines) is 1. The van der Waals surface area contributed by atoms with Crippen LogP contribution in [0.25, 0.3) is 0 Å². The first kappa shape index (κ1) is 15.1. The standard InChI is InChI=1S/C17H21N5O2/c1-21-9-15(18-11-21)17(23)22-7-6-12(8-22)10-24-16-5-4-14(19-20-16)13-2-3-13/h4-5,9,11-13H,2-3,6-8,10H2,1H3. The maximum absolute atomic E-state index is 12.4. The second kappa shape index (κ2) is 6.22. The van der Waals surface area contributed by atoms with Gasteiger partial charge in [0.2, 0.25) is 5.88 Å². The summed E-state index contributed by atoms with van der Waals surface area (Å²) in [6.07, 6.45) is 6.78. The molecule has 1 saturated carbocycles. The predicted octanol–water partition coefficient (Wildman–Crippen LogP) is 1.63. The van der Waals surface area contributed by atoms with Gasteiger partial charge in [-0.05, 0) is 25.3 Å². The molecule has 1 aliphatic heterocycles. The summed E-state index contributed by atoms with van der Waals surface area (Å²) in [6.45, 7) is 2.00. The molecule has 2 aliphatic rings. The minimum Gasteiger partial charge on any atom is -0.476 e. The number of rotatable bonds is 5. The summed E-state index contributed by atoms with van der Waals surface area (Å²) < 4.78 is 7.54. The first-order valence-electron chi connectivity index (χ1n) is 8.42. The number of amides is 1. The van der Waals surface area contributed by atoms with Crippen molar-refractivity contribution in [2.75, 3.05) is 19.7 Å². The lowest BCUT2D eigenvalue weighted by molar-refractivity contribution is 0.0777. The molecule has 0 bridgehead atoms. The van der Waals surface area contributed by atoms with Gasteiger partial charge in [0.25, 0.3) is 5.91 Å². The molecule has 0 aromatic carbocycles. The minimum atomic E-state index is -0.00771. The van der Waals surface area contributed by atoms with Gasteiger partial charge < -0.3 is 14.2 Å². The third kappa shape index (κ3) is 3.25. The Labute approximate surface area is 140 Å². The normalized spacial score (nSPS) is 20.4. The monoisotopic (exact) mass is 327 g/mol. The van der Waals surface area contributed by atoms with Crippen molar-refractivity contribution in [3.05, 3.63) is 36.0 Å². The zero-order chi connectivity index (χ0) is 16.5. The van der Waals surface area contributed by atoms with E-state index < -0.39 is 0 Å². The second-order valence-corrected chi connectivity index (χ2v) is 6.71. The molecule has 1 unspecified atom stereocenters. The molecule has 2 fully saturated rings. The van der Waals surface area contributed by atoms with Gasteiger partial charge in [-0.3, -0.25) is 4.79 Å². The van der Waals surface area contributed by atoms with Gasteiger partial charge in [0.15, 0.2) is 0 Å². The lowest BCUT2D eigenvalue weighted by Crippen LogP contribution is -2.29. The molecule has 7 heteroatoms. The van der Waals surface area contributed by atoms with Crippen LogP contribution in [0.4, 0.5) is 0 Å². The van der Waals surface area contributed by atoms with E-state index in [2.05, 4.69) is 15.2 Å². The molecule has 7 nitrogen and oxygen atoms in total. The molecule has 2 aromatic rings. The van der Waals surface area contributed by atoms with Crippen LogP contribution in [0.15, 0.2) is 24.7 Å². The molecule has 0 N–H and O–H groups in total. The highest BCUT2D eigenvalue weighted by molar-refractivity contribution is 5.92. The van der Waals surface area contributed by atoms with Gasteiger partial charge in [-0.2, -0.15) is 5.10 Å². The van der Waals surface area contributed by atoms with E-state index in [-0.39, 0.29) is 5.91 Å². The molecule has 126 valence electrons. The Morgan fingerprint density at radius 3 is 2.83 bits per heavy atom. The summed E-state index contributed by atoms with van der Waals surface area (Å²) in [5.74, 6) is 1.48. The van der Waals surface area contributed by atoms with Gasteiger partial charge in [-0.15, -0.1) is 5.10 Å². The molecule has 0 spiro atoms. The number of carbonyl (C=O) groups excluding carboxylic acids is 1. The highest BCUT2D eigenvalue weighted by Crippen LogP contribution is 2.38. The van der Waals surface area contributed by atoms with E-state index in [0.29, 0.717) is 36.6 Å².